The number of rotatable bonds is 9. The number of aromatic nitrogens is 1. The molecule has 7 nitrogen and oxygen atoms in total. The number of carbonyl (C=O) groups excluding carboxylic acids is 2. The summed E-state index contributed by atoms with van der Waals surface area (Å²) in [4.78, 5) is 27.0. The molecule has 0 amide bonds. The Balaban J connectivity index is 1.69. The lowest BCUT2D eigenvalue weighted by Crippen LogP contribution is -2.60. The third-order valence-corrected chi connectivity index (χ3v) is 14.5. The molecule has 0 radical (unpaired) electrons. The van der Waals surface area contributed by atoms with Crippen molar-refractivity contribution in [2.75, 3.05) is 6.61 Å². The maximum atomic E-state index is 14.4. The summed E-state index contributed by atoms with van der Waals surface area (Å²) in [6.07, 6.45) is -1.46. The normalized spacial score (nSPS) is 24.3. The zero-order chi connectivity index (χ0) is 28.1. The summed E-state index contributed by atoms with van der Waals surface area (Å²) >= 11 is 0. The van der Waals surface area contributed by atoms with Crippen LogP contribution in [-0.4, -0.2) is 57.3 Å². The van der Waals surface area contributed by atoms with Crippen molar-refractivity contribution in [2.24, 2.45) is 0 Å². The van der Waals surface area contributed by atoms with Crippen LogP contribution in [0.5, 0.6) is 0 Å². The van der Waals surface area contributed by atoms with Gasteiger partial charge in [0.1, 0.15) is 12.8 Å². The van der Waals surface area contributed by atoms with Crippen LogP contribution in [0.25, 0.3) is 10.9 Å². The number of nitrogens with zero attached hydrogens (tertiary/aromatic N) is 1. The highest BCUT2D eigenvalue weighted by atomic mass is 28.4. The quantitative estimate of drug-likeness (QED) is 0.107. The second kappa shape index (κ2) is 10.1. The molecule has 2 bridgehead atoms. The first-order valence-electron chi connectivity index (χ1n) is 13.5. The number of Topliss-reactive ketones (excluding diaryl/α,β-unsaturated/α-hetero) is 1. The number of benzene rings is 1. The van der Waals surface area contributed by atoms with Gasteiger partial charge in [0.25, 0.3) is 0 Å². The van der Waals surface area contributed by atoms with Gasteiger partial charge in [-0.05, 0) is 41.9 Å². The van der Waals surface area contributed by atoms with Crippen molar-refractivity contribution < 1.29 is 28.2 Å². The van der Waals surface area contributed by atoms with Crippen molar-refractivity contribution in [3.63, 3.8) is 0 Å². The molecule has 1 saturated heterocycles. The van der Waals surface area contributed by atoms with Crippen molar-refractivity contribution in [3.05, 3.63) is 48.2 Å². The van der Waals surface area contributed by atoms with Crippen LogP contribution in [0.3, 0.4) is 0 Å². The van der Waals surface area contributed by atoms with Crippen molar-refractivity contribution in [1.29, 1.82) is 0 Å². The number of carbonyl (C=O) groups is 2. The van der Waals surface area contributed by atoms with E-state index in [2.05, 4.69) is 60.1 Å². The smallest absolute Gasteiger partial charge is 0.426 e. The molecule has 9 heteroatoms. The molecular formula is C29H43NO6Si2. The fourth-order valence-corrected chi connectivity index (χ4v) is 6.90. The Kier molecular flexibility index (Phi) is 7.64. The number of hydrogen-bond acceptors (Lipinski definition) is 6. The first kappa shape index (κ1) is 28.8. The summed E-state index contributed by atoms with van der Waals surface area (Å²) in [6, 6.07) is 10.8. The van der Waals surface area contributed by atoms with E-state index >= 15 is 0 Å². The standard InChI is InChI=1S/C29H43NO6Si2/c1-20-24-17-29(35-27(32)34-24,18-25(20)36-38(8,9)28(2,3)4)26(31)23-16-21-12-10-11-13-22(21)30(23)19-33-14-15-37(5,6)7/h10-13,16,24-25H,1,14-15,17-19H2,2-9H3/t24-,25-,29+/m1/s1. The molecule has 2 heterocycles. The van der Waals surface area contributed by atoms with Crippen LogP contribution >= 0.6 is 0 Å². The maximum Gasteiger partial charge on any atom is 0.509 e. The highest BCUT2D eigenvalue weighted by Gasteiger charge is 2.57. The highest BCUT2D eigenvalue weighted by Crippen LogP contribution is 2.46. The Morgan fingerprint density at radius 3 is 2.50 bits per heavy atom. The second-order valence-electron chi connectivity index (χ2n) is 13.5. The molecule has 0 N–H and O–H groups in total. The third kappa shape index (κ3) is 5.71. The summed E-state index contributed by atoms with van der Waals surface area (Å²) in [6.45, 7) is 22.9. The average molecular weight is 558 g/mol. The minimum Gasteiger partial charge on any atom is -0.426 e. The number of hydrogen-bond donors (Lipinski definition) is 0. The summed E-state index contributed by atoms with van der Waals surface area (Å²) in [7, 11) is -3.47. The van der Waals surface area contributed by atoms with Gasteiger partial charge in [-0.1, -0.05) is 65.2 Å². The minimum absolute atomic E-state index is 0.0335. The number of fused-ring (bicyclic) bond motifs is 3. The van der Waals surface area contributed by atoms with Crippen LogP contribution in [0.15, 0.2) is 42.5 Å². The van der Waals surface area contributed by atoms with Crippen LogP contribution in [0, 0.1) is 0 Å². The average Bonchev–Trinajstić information content (AvgIpc) is 3.16. The predicted molar refractivity (Wildman–Crippen MR) is 155 cm³/mol. The Bertz CT molecular complexity index is 1240. The number of ether oxygens (including phenoxy) is 3. The Hall–Kier alpha value is -2.21. The zero-order valence-electron chi connectivity index (χ0n) is 24.2. The van der Waals surface area contributed by atoms with Crippen LogP contribution in [0.2, 0.25) is 43.8 Å². The van der Waals surface area contributed by atoms with Gasteiger partial charge in [-0.2, -0.15) is 0 Å². The molecule has 2 aliphatic rings. The molecule has 1 aliphatic carbocycles. The fraction of sp³-hybridized carbons (Fsp3) is 0.586. The Morgan fingerprint density at radius 2 is 1.84 bits per heavy atom. The summed E-state index contributed by atoms with van der Waals surface area (Å²) in [5.41, 5.74) is 0.680. The van der Waals surface area contributed by atoms with Gasteiger partial charge in [-0.15, -0.1) is 0 Å². The minimum atomic E-state index is -2.21. The van der Waals surface area contributed by atoms with Crippen molar-refractivity contribution in [2.45, 2.75) is 102 Å². The maximum absolute atomic E-state index is 14.4. The summed E-state index contributed by atoms with van der Waals surface area (Å²) < 4.78 is 26.0. The van der Waals surface area contributed by atoms with E-state index in [0.717, 1.165) is 16.9 Å². The van der Waals surface area contributed by atoms with Crippen LogP contribution in [0.4, 0.5) is 4.79 Å². The van der Waals surface area contributed by atoms with E-state index in [4.69, 9.17) is 18.6 Å². The van der Waals surface area contributed by atoms with Gasteiger partial charge in [-0.25, -0.2) is 4.79 Å². The fourth-order valence-electron chi connectivity index (χ4n) is 4.84. The number of para-hydroxylation sites is 1. The van der Waals surface area contributed by atoms with E-state index in [1.54, 1.807) is 0 Å². The SMILES string of the molecule is C=C1[C@H]2C[C@@](C(=O)c3cc4ccccc4n3COCC[Si](C)(C)C)(C[C@H]1O[Si](C)(C)C(C)(C)C)OC(=O)O2. The van der Waals surface area contributed by atoms with E-state index in [1.165, 1.54) is 0 Å². The van der Waals surface area contributed by atoms with Gasteiger partial charge in [0.05, 0.1) is 17.3 Å². The van der Waals surface area contributed by atoms with Gasteiger partial charge in [-0.3, -0.25) is 4.79 Å². The molecule has 2 aromatic rings. The monoisotopic (exact) mass is 557 g/mol. The topological polar surface area (TPSA) is 76.0 Å². The first-order valence-corrected chi connectivity index (χ1v) is 20.1. The van der Waals surface area contributed by atoms with Crippen LogP contribution < -0.4 is 0 Å². The molecule has 208 valence electrons. The molecule has 4 rings (SSSR count). The highest BCUT2D eigenvalue weighted by molar-refractivity contribution is 6.76. The van der Waals surface area contributed by atoms with Crippen LogP contribution in [-0.2, 0) is 25.4 Å². The van der Waals surface area contributed by atoms with Gasteiger partial charge in [0.2, 0.25) is 5.78 Å². The molecule has 38 heavy (non-hydrogen) atoms. The van der Waals surface area contributed by atoms with Gasteiger partial charge >= 0.3 is 6.16 Å². The zero-order valence-corrected chi connectivity index (χ0v) is 26.2. The Morgan fingerprint density at radius 1 is 1.16 bits per heavy atom. The van der Waals surface area contributed by atoms with Gasteiger partial charge < -0.3 is 23.2 Å². The van der Waals surface area contributed by atoms with E-state index in [0.29, 0.717) is 17.9 Å². The van der Waals surface area contributed by atoms with Gasteiger partial charge in [0.15, 0.2) is 13.9 Å². The lowest BCUT2D eigenvalue weighted by atomic mass is 9.75. The molecule has 1 aromatic carbocycles. The largest absolute Gasteiger partial charge is 0.509 e. The van der Waals surface area contributed by atoms with E-state index in [1.807, 2.05) is 34.9 Å². The van der Waals surface area contributed by atoms with E-state index in [-0.39, 0.29) is 30.4 Å². The van der Waals surface area contributed by atoms with Gasteiger partial charge in [0, 0.05) is 32.9 Å². The lowest BCUT2D eigenvalue weighted by molar-refractivity contribution is -0.119. The molecule has 1 aromatic heterocycles. The first-order chi connectivity index (χ1) is 17.5. The van der Waals surface area contributed by atoms with E-state index in [9.17, 15) is 9.59 Å². The molecular weight excluding hydrogens is 514 g/mol. The van der Waals surface area contributed by atoms with Crippen molar-refractivity contribution >= 4 is 39.2 Å². The van der Waals surface area contributed by atoms with Crippen LogP contribution in [0.1, 0.15) is 44.1 Å². The third-order valence-electron chi connectivity index (χ3n) is 8.29. The lowest BCUT2D eigenvalue weighted by Gasteiger charge is -2.49. The van der Waals surface area contributed by atoms with Crippen molar-refractivity contribution in [1.82, 2.24) is 4.57 Å². The molecule has 0 spiro atoms. The van der Waals surface area contributed by atoms with E-state index < -0.39 is 40.4 Å². The molecule has 2 fully saturated rings. The summed E-state index contributed by atoms with van der Waals surface area (Å²) in [5, 5.41) is 0.902. The van der Waals surface area contributed by atoms with Crippen molar-refractivity contribution in [3.8, 4) is 0 Å². The predicted octanol–water partition coefficient (Wildman–Crippen LogP) is 7.15. The molecule has 0 unspecified atom stereocenters. The molecule has 1 saturated carbocycles. The second-order valence-corrected chi connectivity index (χ2v) is 23.9. The summed E-state index contributed by atoms with van der Waals surface area (Å²) in [5.74, 6) is -0.250. The molecule has 1 aliphatic heterocycles. The number of ketones is 1. The molecule has 3 atom stereocenters. The Labute approximate surface area is 228 Å².